The van der Waals surface area contributed by atoms with E-state index in [-0.39, 0.29) is 0 Å². The molecule has 2 aromatic heterocycles. The summed E-state index contributed by atoms with van der Waals surface area (Å²) in [5.74, 6) is 2.14. The number of halogens is 1. The summed E-state index contributed by atoms with van der Waals surface area (Å²) in [4.78, 5) is 4.43. The molecule has 0 fully saturated rings. The lowest BCUT2D eigenvalue weighted by atomic mass is 10.2. The second kappa shape index (κ2) is 3.98. The third-order valence-corrected chi connectivity index (χ3v) is 3.66. The van der Waals surface area contributed by atoms with Gasteiger partial charge >= 0.3 is 0 Å². The second-order valence-corrected chi connectivity index (χ2v) is 6.14. The Morgan fingerprint density at radius 2 is 2.29 bits per heavy atom. The number of nitrogens with zero attached hydrogens (tertiary/aromatic N) is 2. The van der Waals surface area contributed by atoms with Crippen LogP contribution in [-0.2, 0) is 0 Å². The number of H-pyrrole nitrogens is 1. The largest absolute Gasteiger partial charge is 0.262 e. The van der Waals surface area contributed by atoms with Crippen molar-refractivity contribution in [1.82, 2.24) is 15.2 Å². The normalized spacial score (nSPS) is 11.1. The van der Waals surface area contributed by atoms with Gasteiger partial charge in [0.05, 0.1) is 2.88 Å². The number of rotatable bonds is 2. The topological polar surface area (TPSA) is 41.6 Å². The van der Waals surface area contributed by atoms with Crippen molar-refractivity contribution in [3.05, 3.63) is 20.2 Å². The third-order valence-electron chi connectivity index (χ3n) is 1.88. The molecule has 0 saturated carbocycles. The molecule has 0 amide bonds. The Balaban J connectivity index is 2.33. The minimum atomic E-state index is 0.397. The fourth-order valence-electron chi connectivity index (χ4n) is 1.09. The smallest absolute Gasteiger partial charge is 0.182 e. The molecule has 0 atom stereocenters. The van der Waals surface area contributed by atoms with E-state index >= 15 is 0 Å². The minimum Gasteiger partial charge on any atom is -0.262 e. The van der Waals surface area contributed by atoms with Crippen molar-refractivity contribution in [2.75, 3.05) is 0 Å². The van der Waals surface area contributed by atoms with Crippen molar-refractivity contribution < 1.29 is 0 Å². The van der Waals surface area contributed by atoms with Crippen molar-refractivity contribution in [3.8, 4) is 11.4 Å². The molecule has 0 saturated heterocycles. The number of aromatic amines is 1. The van der Waals surface area contributed by atoms with Gasteiger partial charge in [0.1, 0.15) is 5.82 Å². The first-order valence-corrected chi connectivity index (χ1v) is 6.29. The molecular formula is C9H10IN3S. The quantitative estimate of drug-likeness (QED) is 0.863. The molecule has 1 N–H and O–H groups in total. The van der Waals surface area contributed by atoms with E-state index in [1.54, 1.807) is 11.3 Å². The summed E-state index contributed by atoms with van der Waals surface area (Å²) < 4.78 is 1.26. The maximum atomic E-state index is 4.43. The van der Waals surface area contributed by atoms with Crippen LogP contribution in [0.5, 0.6) is 0 Å². The van der Waals surface area contributed by atoms with Crippen molar-refractivity contribution in [1.29, 1.82) is 0 Å². The average Bonchev–Trinajstić information content (AvgIpc) is 2.70. The Kier molecular flexibility index (Phi) is 2.87. The summed E-state index contributed by atoms with van der Waals surface area (Å²) in [6.07, 6.45) is 0. The molecule has 3 nitrogen and oxygen atoms in total. The van der Waals surface area contributed by atoms with Crippen molar-refractivity contribution in [3.63, 3.8) is 0 Å². The number of aromatic nitrogens is 3. The van der Waals surface area contributed by atoms with Gasteiger partial charge in [-0.15, -0.1) is 11.3 Å². The van der Waals surface area contributed by atoms with E-state index in [0.29, 0.717) is 5.92 Å². The van der Waals surface area contributed by atoms with Crippen molar-refractivity contribution >= 4 is 33.9 Å². The molecule has 14 heavy (non-hydrogen) atoms. The molecule has 0 aliphatic heterocycles. The number of hydrogen-bond acceptors (Lipinski definition) is 3. The summed E-state index contributed by atoms with van der Waals surface area (Å²) in [6.45, 7) is 4.20. The van der Waals surface area contributed by atoms with Crippen LogP contribution in [0.1, 0.15) is 25.6 Å². The Morgan fingerprint density at radius 3 is 2.79 bits per heavy atom. The molecule has 0 aromatic carbocycles. The summed E-state index contributed by atoms with van der Waals surface area (Å²) in [5.41, 5.74) is 1.10. The first-order valence-electron chi connectivity index (χ1n) is 4.33. The van der Waals surface area contributed by atoms with Crippen molar-refractivity contribution in [2.45, 2.75) is 19.8 Å². The molecule has 0 aliphatic carbocycles. The van der Waals surface area contributed by atoms with Gasteiger partial charge in [0.15, 0.2) is 5.82 Å². The highest BCUT2D eigenvalue weighted by Crippen LogP contribution is 2.24. The number of hydrogen-bond donors (Lipinski definition) is 1. The van der Waals surface area contributed by atoms with Gasteiger partial charge in [-0.1, -0.05) is 13.8 Å². The fraction of sp³-hybridized carbons (Fsp3) is 0.333. The Labute approximate surface area is 100 Å². The zero-order valence-electron chi connectivity index (χ0n) is 7.91. The van der Waals surface area contributed by atoms with Gasteiger partial charge in [0.25, 0.3) is 0 Å². The standard InChI is InChI=1S/C9H10IN3S/c1-5(2)8-11-9(13-12-8)6-3-7(10)14-4-6/h3-5H,1-2H3,(H,11,12,13). The summed E-state index contributed by atoms with van der Waals surface area (Å²) >= 11 is 4.01. The van der Waals surface area contributed by atoms with Crippen LogP contribution in [0.25, 0.3) is 11.4 Å². The molecule has 74 valence electrons. The van der Waals surface area contributed by atoms with Crippen LogP contribution in [0, 0.1) is 2.88 Å². The summed E-state index contributed by atoms with van der Waals surface area (Å²) in [5, 5.41) is 9.22. The molecule has 0 spiro atoms. The van der Waals surface area contributed by atoms with E-state index in [9.17, 15) is 0 Å². The number of thiophene rings is 1. The van der Waals surface area contributed by atoms with Gasteiger partial charge in [0.2, 0.25) is 0 Å². The average molecular weight is 319 g/mol. The molecule has 2 aromatic rings. The Morgan fingerprint density at radius 1 is 1.50 bits per heavy atom. The number of nitrogens with one attached hydrogen (secondary N) is 1. The predicted octanol–water partition coefficient (Wildman–Crippen LogP) is 3.26. The van der Waals surface area contributed by atoms with Gasteiger partial charge in [0, 0.05) is 16.9 Å². The molecule has 2 rings (SSSR count). The van der Waals surface area contributed by atoms with E-state index < -0.39 is 0 Å². The second-order valence-electron chi connectivity index (χ2n) is 3.34. The molecule has 0 aliphatic rings. The van der Waals surface area contributed by atoms with Gasteiger partial charge in [-0.05, 0) is 28.7 Å². The van der Waals surface area contributed by atoms with Gasteiger partial charge in [-0.3, -0.25) is 5.10 Å². The van der Waals surface area contributed by atoms with Crippen LogP contribution in [0.3, 0.4) is 0 Å². The van der Waals surface area contributed by atoms with Gasteiger partial charge in [-0.2, -0.15) is 5.10 Å². The molecule has 5 heteroatoms. The monoisotopic (exact) mass is 319 g/mol. The van der Waals surface area contributed by atoms with Crippen LogP contribution in [0.2, 0.25) is 0 Å². The lowest BCUT2D eigenvalue weighted by Gasteiger charge is -1.94. The summed E-state index contributed by atoms with van der Waals surface area (Å²) in [7, 11) is 0. The molecule has 0 radical (unpaired) electrons. The lowest BCUT2D eigenvalue weighted by molar-refractivity contribution is 0.781. The van der Waals surface area contributed by atoms with Crippen molar-refractivity contribution in [2.24, 2.45) is 0 Å². The van der Waals surface area contributed by atoms with Crippen LogP contribution in [0.4, 0.5) is 0 Å². The molecular weight excluding hydrogens is 309 g/mol. The Hall–Kier alpha value is -0.430. The maximum Gasteiger partial charge on any atom is 0.182 e. The highest BCUT2D eigenvalue weighted by atomic mass is 127. The Bertz CT molecular complexity index is 433. The zero-order valence-corrected chi connectivity index (χ0v) is 10.9. The molecule has 0 bridgehead atoms. The third kappa shape index (κ3) is 1.98. The fourth-order valence-corrected chi connectivity index (χ4v) is 2.41. The van der Waals surface area contributed by atoms with Crippen LogP contribution >= 0.6 is 33.9 Å². The predicted molar refractivity (Wildman–Crippen MR) is 66.5 cm³/mol. The van der Waals surface area contributed by atoms with Gasteiger partial charge in [-0.25, -0.2) is 4.98 Å². The lowest BCUT2D eigenvalue weighted by Crippen LogP contribution is -1.89. The van der Waals surface area contributed by atoms with Crippen LogP contribution in [0.15, 0.2) is 11.4 Å². The van der Waals surface area contributed by atoms with Crippen LogP contribution in [-0.4, -0.2) is 15.2 Å². The maximum absolute atomic E-state index is 4.43. The minimum absolute atomic E-state index is 0.397. The van der Waals surface area contributed by atoms with Crippen LogP contribution < -0.4 is 0 Å². The summed E-state index contributed by atoms with van der Waals surface area (Å²) in [6, 6.07) is 2.10. The first-order chi connectivity index (χ1) is 6.66. The zero-order chi connectivity index (χ0) is 10.1. The highest BCUT2D eigenvalue weighted by Gasteiger charge is 2.09. The van der Waals surface area contributed by atoms with E-state index in [0.717, 1.165) is 17.2 Å². The van der Waals surface area contributed by atoms with E-state index in [2.05, 4.69) is 63.1 Å². The molecule has 0 unspecified atom stereocenters. The van der Waals surface area contributed by atoms with Gasteiger partial charge < -0.3 is 0 Å². The highest BCUT2D eigenvalue weighted by molar-refractivity contribution is 14.1. The SMILES string of the molecule is CC(C)c1nc(-c2csc(I)c2)n[nH]1. The first kappa shape index (κ1) is 10.1. The van der Waals surface area contributed by atoms with E-state index in [1.165, 1.54) is 2.88 Å². The molecule has 2 heterocycles. The van der Waals surface area contributed by atoms with E-state index in [1.807, 2.05) is 0 Å². The van der Waals surface area contributed by atoms with E-state index in [4.69, 9.17) is 0 Å².